The molecule has 0 amide bonds. The third kappa shape index (κ3) is 2.14. The minimum atomic E-state index is -0.905. The number of rotatable bonds is 3. The van der Waals surface area contributed by atoms with Crippen LogP contribution in [0.25, 0.3) is 0 Å². The summed E-state index contributed by atoms with van der Waals surface area (Å²) in [4.78, 5) is 0. The zero-order valence-corrected chi connectivity index (χ0v) is 3.29. The molecule has 3 N–H and O–H groups in total. The van der Waals surface area contributed by atoms with Gasteiger partial charge in [0, 0.05) is 0 Å². The van der Waals surface area contributed by atoms with Crippen molar-refractivity contribution in [3.63, 3.8) is 0 Å². The molecule has 3 heteroatoms. The predicted octanol–water partition coefficient (Wildman–Crippen LogP) is -1.67. The summed E-state index contributed by atoms with van der Waals surface area (Å²) in [6, 6.07) is 0. The molecule has 3 nitrogen and oxygen atoms in total. The zero-order chi connectivity index (χ0) is 5.70. The molecule has 0 saturated carbocycles. The molecule has 0 aromatic rings. The second kappa shape index (κ2) is 3.08. The Bertz CT molecular complexity index is 41.2. The van der Waals surface area contributed by atoms with Gasteiger partial charge in [-0.3, -0.25) is 0 Å². The largest absolute Gasteiger partial charge is 0.394 e. The summed E-state index contributed by atoms with van der Waals surface area (Å²) in [7, 11) is 0. The van der Waals surface area contributed by atoms with Gasteiger partial charge in [0.25, 0.3) is 0 Å². The van der Waals surface area contributed by atoms with Crippen molar-refractivity contribution in [3.8, 4) is 0 Å². The molecule has 0 aliphatic carbocycles. The van der Waals surface area contributed by atoms with Gasteiger partial charge >= 0.3 is 0 Å². The molecule has 0 fully saturated rings. The molecular weight excluding hydrogens is 84.0 g/mol. The van der Waals surface area contributed by atoms with E-state index in [4.69, 9.17) is 11.6 Å². The maximum absolute atomic E-state index is 8.36. The molecule has 0 aromatic carbocycles. The monoisotopic (exact) mass is 94.1 g/mol. The molecule has 0 bridgehead atoms. The molecule has 0 radical (unpaired) electrons. The van der Waals surface area contributed by atoms with Crippen LogP contribution in [0.1, 0.15) is 0 Å². The summed E-state index contributed by atoms with van der Waals surface area (Å²) in [6.45, 7) is -0.477. The van der Waals surface area contributed by atoms with Crippen molar-refractivity contribution in [1.82, 2.24) is 0 Å². The number of hydrogen-bond acceptors (Lipinski definition) is 3. The Morgan fingerprint density at radius 3 is 2.50 bits per heavy atom. The molecule has 0 aliphatic rings. The normalized spacial score (nSPS) is 16.7. The van der Waals surface area contributed by atoms with Crippen LogP contribution in [-0.2, 0) is 0 Å². The fraction of sp³-hybridized carbons (Fsp3) is 1.00. The summed E-state index contributed by atoms with van der Waals surface area (Å²) < 4.78 is 6.07. The highest BCUT2D eigenvalue weighted by Gasteiger charge is 1.93. The predicted molar refractivity (Wildman–Crippen MR) is 20.2 cm³/mol. The van der Waals surface area contributed by atoms with Crippen molar-refractivity contribution < 1.29 is 15.3 Å². The minimum Gasteiger partial charge on any atom is -0.394 e. The van der Waals surface area contributed by atoms with Crippen LogP contribution in [0.2, 0.25) is 0 Å². The van der Waals surface area contributed by atoms with Crippen molar-refractivity contribution in [3.05, 3.63) is 0 Å². The Balaban J connectivity index is 2.83. The number of hydrogen-bond donors (Lipinski definition) is 3. The molecule has 0 aromatic heterocycles. The van der Waals surface area contributed by atoms with Crippen molar-refractivity contribution >= 4 is 0 Å². The lowest BCUT2D eigenvalue weighted by Gasteiger charge is -1.96. The van der Waals surface area contributed by atoms with E-state index in [1.165, 1.54) is 0 Å². The van der Waals surface area contributed by atoms with Gasteiger partial charge in [0.05, 0.1) is 13.2 Å². The zero-order valence-electron chi connectivity index (χ0n) is 4.29. The average Bonchev–Trinajstić information content (AvgIpc) is 1.68. The van der Waals surface area contributed by atoms with Gasteiger partial charge in [0.15, 0.2) is 0 Å². The van der Waals surface area contributed by atoms with E-state index in [2.05, 4.69) is 5.11 Å². The number of aliphatic hydroxyl groups excluding tert-OH is 3. The van der Waals surface area contributed by atoms with Crippen LogP contribution >= 0.6 is 0 Å². The summed E-state index contributed by atoms with van der Waals surface area (Å²) in [5, 5.41) is 20.1. The summed E-state index contributed by atoms with van der Waals surface area (Å²) in [6.07, 6.45) is -0.905. The van der Waals surface area contributed by atoms with Crippen LogP contribution in [0, 0.1) is 0 Å². The van der Waals surface area contributed by atoms with Crippen LogP contribution in [0.5, 0.6) is 0 Å². The average molecular weight is 94.1 g/mol. The van der Waals surface area contributed by atoms with E-state index in [0.717, 1.165) is 0 Å². The Kier molecular flexibility index (Phi) is 2.08. The minimum absolute atomic E-state index is 0.128. The maximum atomic E-state index is 8.36. The van der Waals surface area contributed by atoms with Crippen LogP contribution in [0.15, 0.2) is 0 Å². The first-order valence-electron chi connectivity index (χ1n) is 2.09. The molecular formula is C3H8O3. The molecule has 6 heavy (non-hydrogen) atoms. The van der Waals surface area contributed by atoms with Crippen molar-refractivity contribution in [2.45, 2.75) is 6.10 Å². The topological polar surface area (TPSA) is 60.7 Å². The first-order chi connectivity index (χ1) is 3.31. The molecule has 0 rings (SSSR count). The molecule has 0 spiro atoms. The Labute approximate surface area is 37.3 Å². The van der Waals surface area contributed by atoms with E-state index >= 15 is 0 Å². The van der Waals surface area contributed by atoms with Gasteiger partial charge in [0.2, 0.25) is 1.43 Å². The van der Waals surface area contributed by atoms with Gasteiger partial charge in [-0.2, -0.15) is 0 Å². The fourth-order valence-corrected chi connectivity index (χ4v) is 0.0527. The molecule has 1 unspecified atom stereocenters. The molecule has 1 atom stereocenters. The molecule has 0 aliphatic heterocycles. The van der Waals surface area contributed by atoms with Crippen molar-refractivity contribution in [2.75, 3.05) is 13.2 Å². The third-order valence-electron chi connectivity index (χ3n) is 0.403. The highest BCUT2D eigenvalue weighted by molar-refractivity contribution is 4.43. The van der Waals surface area contributed by atoms with E-state index in [9.17, 15) is 0 Å². The Hall–Kier alpha value is -0.120. The first-order valence-corrected chi connectivity index (χ1v) is 1.68. The standard InChI is InChI=1S/C3H8O3/c4-1-3(6)2-5/h3-6H,1-2H2/i4T. The van der Waals surface area contributed by atoms with Crippen LogP contribution < -0.4 is 0 Å². The van der Waals surface area contributed by atoms with Gasteiger partial charge in [-0.05, 0) is 0 Å². The number of aliphatic hydroxyl groups is 3. The van der Waals surface area contributed by atoms with Crippen LogP contribution in [0.4, 0.5) is 0 Å². The van der Waals surface area contributed by atoms with E-state index < -0.39 is 6.10 Å². The lowest BCUT2D eigenvalue weighted by Crippen LogP contribution is -2.15. The quantitative estimate of drug-likeness (QED) is 0.392. The lowest BCUT2D eigenvalue weighted by atomic mass is 10.4. The smallest absolute Gasteiger partial charge is 0.210 e. The fourth-order valence-electron chi connectivity index (χ4n) is 0.0527. The Morgan fingerprint density at radius 1 is 1.67 bits per heavy atom. The van der Waals surface area contributed by atoms with E-state index in [1.54, 1.807) is 0 Å². The molecule has 0 saturated heterocycles. The van der Waals surface area contributed by atoms with Crippen LogP contribution in [0.3, 0.4) is 0 Å². The highest BCUT2D eigenvalue weighted by atomic mass is 16.3. The second-order valence-corrected chi connectivity index (χ2v) is 1.00. The SMILES string of the molecule is [3H]OCC(O)CO. The van der Waals surface area contributed by atoms with E-state index in [1.807, 2.05) is 0 Å². The van der Waals surface area contributed by atoms with Gasteiger partial charge in [-0.1, -0.05) is 0 Å². The van der Waals surface area contributed by atoms with Gasteiger partial charge in [0.1, 0.15) is 6.10 Å². The van der Waals surface area contributed by atoms with Crippen molar-refractivity contribution in [1.29, 1.82) is 1.43 Å². The summed E-state index contributed by atoms with van der Waals surface area (Å²) in [5.41, 5.74) is 0. The van der Waals surface area contributed by atoms with Gasteiger partial charge in [-0.15, -0.1) is 0 Å². The Morgan fingerprint density at radius 2 is 2.33 bits per heavy atom. The third-order valence-corrected chi connectivity index (χ3v) is 0.403. The lowest BCUT2D eigenvalue weighted by molar-refractivity contribution is 0.0450. The van der Waals surface area contributed by atoms with Gasteiger partial charge in [-0.25, -0.2) is 0 Å². The second-order valence-electron chi connectivity index (χ2n) is 1.00. The first kappa shape index (κ1) is 4.05. The van der Waals surface area contributed by atoms with Crippen LogP contribution in [-0.4, -0.2) is 36.1 Å². The maximum Gasteiger partial charge on any atom is 0.210 e. The summed E-state index contributed by atoms with van der Waals surface area (Å²) in [5.74, 6) is 0. The molecule has 38 valence electrons. The summed E-state index contributed by atoms with van der Waals surface area (Å²) >= 11 is 0. The van der Waals surface area contributed by atoms with Gasteiger partial charge < -0.3 is 15.3 Å². The van der Waals surface area contributed by atoms with Crippen molar-refractivity contribution in [2.24, 2.45) is 0 Å². The highest BCUT2D eigenvalue weighted by Crippen LogP contribution is 1.71. The van der Waals surface area contributed by atoms with E-state index in [0.29, 0.717) is 0 Å². The molecule has 0 heterocycles. The van der Waals surface area contributed by atoms with E-state index in [-0.39, 0.29) is 13.2 Å².